The van der Waals surface area contributed by atoms with Gasteiger partial charge in [0.05, 0.1) is 0 Å². The topological polar surface area (TPSA) is 0 Å². The third kappa shape index (κ3) is 5.38. The highest BCUT2D eigenvalue weighted by Gasteiger charge is 2.20. The van der Waals surface area contributed by atoms with Crippen molar-refractivity contribution in [2.24, 2.45) is 0 Å². The lowest BCUT2D eigenvalue weighted by Crippen LogP contribution is -1.94. The Morgan fingerprint density at radius 1 is 0.179 bits per heavy atom. The van der Waals surface area contributed by atoms with Crippen molar-refractivity contribution in [2.45, 2.75) is 0 Å². The zero-order chi connectivity index (χ0) is 37.0. The maximum Gasteiger partial charge on any atom is -0.00257 e. The minimum absolute atomic E-state index is 1.21. The normalized spacial score (nSPS) is 11.6. The van der Waals surface area contributed by atoms with Gasteiger partial charge in [-0.3, -0.25) is 0 Å². The van der Waals surface area contributed by atoms with Gasteiger partial charge in [0.25, 0.3) is 0 Å². The van der Waals surface area contributed by atoms with Gasteiger partial charge in [-0.05, 0) is 146 Å². The van der Waals surface area contributed by atoms with E-state index in [4.69, 9.17) is 0 Å². The molecule has 0 saturated carbocycles. The van der Waals surface area contributed by atoms with Crippen LogP contribution < -0.4 is 0 Å². The summed E-state index contributed by atoms with van der Waals surface area (Å²) in [6.07, 6.45) is 0. The van der Waals surface area contributed by atoms with E-state index < -0.39 is 0 Å². The van der Waals surface area contributed by atoms with E-state index in [9.17, 15) is 0 Å². The number of fused-ring (bicyclic) bond motifs is 5. The molecule has 11 rings (SSSR count). The Kier molecular flexibility index (Phi) is 7.60. The Morgan fingerprint density at radius 3 is 1.14 bits per heavy atom. The van der Waals surface area contributed by atoms with Crippen molar-refractivity contribution in [3.8, 4) is 55.6 Å². The molecule has 260 valence electrons. The molecule has 56 heavy (non-hydrogen) atoms. The molecule has 0 saturated heterocycles. The van der Waals surface area contributed by atoms with Gasteiger partial charge in [0.1, 0.15) is 0 Å². The SMILES string of the molecule is c1ccc(-c2cc(-c3c4ccccc4c(-c4cc(-c5ccccc5)c5ccccc5c4)c4cc(-c5ccc6ccccc6c5)ccc34)cc3ccccc23)cc1. The van der Waals surface area contributed by atoms with E-state index in [1.54, 1.807) is 0 Å². The molecular weight excluding hydrogens is 673 g/mol. The molecule has 0 spiro atoms. The molecule has 0 radical (unpaired) electrons. The Hall–Kier alpha value is -7.28. The second-order valence-electron chi connectivity index (χ2n) is 14.8. The highest BCUT2D eigenvalue weighted by molar-refractivity contribution is 6.23. The van der Waals surface area contributed by atoms with Crippen molar-refractivity contribution in [1.82, 2.24) is 0 Å². The molecule has 0 heteroatoms. The fraction of sp³-hybridized carbons (Fsp3) is 0. The predicted octanol–water partition coefficient (Wildman–Crippen LogP) is 15.8. The van der Waals surface area contributed by atoms with E-state index in [1.165, 1.54) is 109 Å². The highest BCUT2D eigenvalue weighted by atomic mass is 14.2. The summed E-state index contributed by atoms with van der Waals surface area (Å²) >= 11 is 0. The van der Waals surface area contributed by atoms with Crippen LogP contribution in [0.4, 0.5) is 0 Å². The summed E-state index contributed by atoms with van der Waals surface area (Å²) in [7, 11) is 0. The van der Waals surface area contributed by atoms with Gasteiger partial charge < -0.3 is 0 Å². The monoisotopic (exact) mass is 708 g/mol. The average Bonchev–Trinajstić information content (AvgIpc) is 3.27. The average molecular weight is 709 g/mol. The fourth-order valence-electron chi connectivity index (χ4n) is 8.97. The Bertz CT molecular complexity index is 3280. The first-order chi connectivity index (χ1) is 27.8. The molecule has 0 aliphatic rings. The van der Waals surface area contributed by atoms with E-state index in [-0.39, 0.29) is 0 Å². The molecule has 0 aliphatic carbocycles. The maximum absolute atomic E-state index is 2.45. The van der Waals surface area contributed by atoms with Crippen LogP contribution in [0.2, 0.25) is 0 Å². The molecule has 0 amide bonds. The van der Waals surface area contributed by atoms with Crippen molar-refractivity contribution >= 4 is 53.9 Å². The van der Waals surface area contributed by atoms with E-state index in [0.717, 1.165) is 0 Å². The Balaban J connectivity index is 1.26. The van der Waals surface area contributed by atoms with E-state index in [2.05, 4.69) is 218 Å². The van der Waals surface area contributed by atoms with Gasteiger partial charge in [0.15, 0.2) is 0 Å². The van der Waals surface area contributed by atoms with Crippen LogP contribution in [0.15, 0.2) is 218 Å². The van der Waals surface area contributed by atoms with Crippen molar-refractivity contribution in [3.05, 3.63) is 218 Å². The minimum atomic E-state index is 1.21. The molecule has 11 aromatic rings. The number of rotatable bonds is 5. The molecule has 0 nitrogen and oxygen atoms in total. The van der Waals surface area contributed by atoms with Gasteiger partial charge in [-0.2, -0.15) is 0 Å². The smallest absolute Gasteiger partial charge is 0.00257 e. The molecule has 0 N–H and O–H groups in total. The van der Waals surface area contributed by atoms with Crippen LogP contribution in [-0.4, -0.2) is 0 Å². The molecule has 0 fully saturated rings. The summed E-state index contributed by atoms with van der Waals surface area (Å²) in [6.45, 7) is 0. The zero-order valence-corrected chi connectivity index (χ0v) is 30.8. The molecule has 0 unspecified atom stereocenters. The zero-order valence-electron chi connectivity index (χ0n) is 30.8. The van der Waals surface area contributed by atoms with E-state index in [1.807, 2.05) is 0 Å². The first-order valence-electron chi connectivity index (χ1n) is 19.4. The van der Waals surface area contributed by atoms with Crippen molar-refractivity contribution in [2.75, 3.05) is 0 Å². The van der Waals surface area contributed by atoms with Crippen molar-refractivity contribution < 1.29 is 0 Å². The molecule has 0 atom stereocenters. The maximum atomic E-state index is 2.45. The van der Waals surface area contributed by atoms with Crippen molar-refractivity contribution in [1.29, 1.82) is 0 Å². The number of hydrogen-bond acceptors (Lipinski definition) is 0. The third-order valence-corrected chi connectivity index (χ3v) is 11.6. The summed E-state index contributed by atoms with van der Waals surface area (Å²) in [4.78, 5) is 0. The van der Waals surface area contributed by atoms with Gasteiger partial charge in [0.2, 0.25) is 0 Å². The van der Waals surface area contributed by atoms with Crippen LogP contribution in [0.25, 0.3) is 109 Å². The summed E-state index contributed by atoms with van der Waals surface area (Å²) < 4.78 is 0. The second-order valence-corrected chi connectivity index (χ2v) is 14.8. The second kappa shape index (κ2) is 13.2. The van der Waals surface area contributed by atoms with Crippen LogP contribution >= 0.6 is 0 Å². The van der Waals surface area contributed by atoms with E-state index in [0.29, 0.717) is 0 Å². The van der Waals surface area contributed by atoms with Gasteiger partial charge in [0, 0.05) is 0 Å². The molecule has 0 heterocycles. The molecule has 0 bridgehead atoms. The fourth-order valence-corrected chi connectivity index (χ4v) is 8.97. The quantitative estimate of drug-likeness (QED) is 0.156. The first kappa shape index (κ1) is 32.2. The third-order valence-electron chi connectivity index (χ3n) is 11.6. The van der Waals surface area contributed by atoms with Crippen LogP contribution in [0.3, 0.4) is 0 Å². The summed E-state index contributed by atoms with van der Waals surface area (Å²) in [5.74, 6) is 0. The van der Waals surface area contributed by atoms with Crippen LogP contribution in [0, 0.1) is 0 Å². The van der Waals surface area contributed by atoms with Gasteiger partial charge in [-0.1, -0.05) is 182 Å². The summed E-state index contributed by atoms with van der Waals surface area (Å²) in [6, 6.07) is 80.6. The highest BCUT2D eigenvalue weighted by Crippen LogP contribution is 2.48. The minimum Gasteiger partial charge on any atom is -0.0622 e. The largest absolute Gasteiger partial charge is 0.0622 e. The van der Waals surface area contributed by atoms with Crippen molar-refractivity contribution in [3.63, 3.8) is 0 Å². The molecule has 11 aromatic carbocycles. The van der Waals surface area contributed by atoms with Gasteiger partial charge >= 0.3 is 0 Å². The summed E-state index contributed by atoms with van der Waals surface area (Å²) in [5, 5.41) is 12.5. The predicted molar refractivity (Wildman–Crippen MR) is 241 cm³/mol. The van der Waals surface area contributed by atoms with E-state index >= 15 is 0 Å². The van der Waals surface area contributed by atoms with Gasteiger partial charge in [-0.15, -0.1) is 0 Å². The van der Waals surface area contributed by atoms with Crippen LogP contribution in [0.5, 0.6) is 0 Å². The Labute approximate surface area is 326 Å². The van der Waals surface area contributed by atoms with Crippen LogP contribution in [0.1, 0.15) is 0 Å². The lowest BCUT2D eigenvalue weighted by molar-refractivity contribution is 1.63. The lowest BCUT2D eigenvalue weighted by atomic mass is 9.82. The van der Waals surface area contributed by atoms with Crippen LogP contribution in [-0.2, 0) is 0 Å². The Morgan fingerprint density at radius 2 is 0.571 bits per heavy atom. The lowest BCUT2D eigenvalue weighted by Gasteiger charge is -2.21. The molecule has 0 aromatic heterocycles. The number of benzene rings is 11. The van der Waals surface area contributed by atoms with Gasteiger partial charge in [-0.25, -0.2) is 0 Å². The first-order valence-corrected chi connectivity index (χ1v) is 19.4. The standard InChI is InChI=1S/C56H36/c1-3-16-38(17-4-1)52-35-45(32-43-21-9-11-23-47(43)52)55-49-25-13-14-26-50(49)56(46-33-44-22-10-12-24-48(44)53(36-46)39-18-5-2-6-19-39)54-34-42(29-30-51(54)55)41-28-27-37-15-7-8-20-40(37)31-41/h1-36H. The summed E-state index contributed by atoms with van der Waals surface area (Å²) in [5.41, 5.74) is 12.3. The molecule has 0 aliphatic heterocycles. The molecular formula is C56H36. The number of hydrogen-bond donors (Lipinski definition) is 0.